The topological polar surface area (TPSA) is 127 Å². The fourth-order valence-corrected chi connectivity index (χ4v) is 10.1. The number of fused-ring (bicyclic) bond motifs is 5. The van der Waals surface area contributed by atoms with Gasteiger partial charge >= 0.3 is 5.97 Å². The SMILES string of the molecule is C[C@H](CCC(=O)NCC(=O)O)[C@H]1CC[C@H]2[C@@H]3[C@H](O)C[C@@H]4C[C@H](O)CC(Br)[C@]4(C)[C@H]3C[C@H](O)[C@]12C. The number of halogens is 1. The van der Waals surface area contributed by atoms with Crippen LogP contribution in [0.3, 0.4) is 0 Å². The van der Waals surface area contributed by atoms with Gasteiger partial charge in [-0.05, 0) is 91.3 Å². The summed E-state index contributed by atoms with van der Waals surface area (Å²) in [4.78, 5) is 22.9. The Balaban J connectivity index is 1.51. The van der Waals surface area contributed by atoms with Crippen molar-refractivity contribution in [1.82, 2.24) is 5.32 Å². The second-order valence-corrected chi connectivity index (χ2v) is 13.3. The Bertz CT molecular complexity index is 795. The van der Waals surface area contributed by atoms with Crippen molar-refractivity contribution in [2.45, 2.75) is 95.3 Å². The Morgan fingerprint density at radius 2 is 1.74 bits per heavy atom. The Labute approximate surface area is 211 Å². The fourth-order valence-electron chi connectivity index (χ4n) is 8.98. The van der Waals surface area contributed by atoms with Crippen molar-refractivity contribution in [2.24, 2.45) is 46.3 Å². The molecule has 0 spiro atoms. The molecule has 0 heterocycles. The van der Waals surface area contributed by atoms with Gasteiger partial charge in [-0.25, -0.2) is 0 Å². The van der Waals surface area contributed by atoms with E-state index < -0.39 is 18.2 Å². The van der Waals surface area contributed by atoms with Gasteiger partial charge in [-0.3, -0.25) is 9.59 Å². The van der Waals surface area contributed by atoms with Crippen molar-refractivity contribution in [1.29, 1.82) is 0 Å². The third-order valence-electron chi connectivity index (χ3n) is 10.8. The average Bonchev–Trinajstić information content (AvgIpc) is 3.11. The normalized spacial score (nSPS) is 48.9. The van der Waals surface area contributed by atoms with E-state index in [1.165, 1.54) is 0 Å². The minimum Gasteiger partial charge on any atom is -0.480 e. The fraction of sp³-hybridized carbons (Fsp3) is 0.923. The first-order chi connectivity index (χ1) is 15.9. The molecule has 34 heavy (non-hydrogen) atoms. The molecule has 0 aliphatic heterocycles. The maximum absolute atomic E-state index is 12.1. The molecule has 0 bridgehead atoms. The van der Waals surface area contributed by atoms with Crippen molar-refractivity contribution in [3.05, 3.63) is 0 Å². The smallest absolute Gasteiger partial charge is 0.322 e. The maximum atomic E-state index is 12.1. The summed E-state index contributed by atoms with van der Waals surface area (Å²) in [6, 6.07) is 0. The monoisotopic (exact) mass is 543 g/mol. The first kappa shape index (κ1) is 26.4. The lowest BCUT2D eigenvalue weighted by molar-refractivity contribution is -0.204. The number of hydrogen-bond donors (Lipinski definition) is 5. The number of aliphatic hydroxyl groups is 3. The number of carbonyl (C=O) groups excluding carboxylic acids is 1. The molecule has 4 aliphatic carbocycles. The van der Waals surface area contributed by atoms with Crippen molar-refractivity contribution >= 4 is 27.8 Å². The second kappa shape index (κ2) is 9.64. The highest BCUT2D eigenvalue weighted by molar-refractivity contribution is 9.09. The zero-order valence-corrected chi connectivity index (χ0v) is 22.2. The third-order valence-corrected chi connectivity index (χ3v) is 12.2. The van der Waals surface area contributed by atoms with Gasteiger partial charge in [-0.1, -0.05) is 36.7 Å². The summed E-state index contributed by atoms with van der Waals surface area (Å²) in [6.07, 6.45) is 4.48. The molecule has 8 heteroatoms. The summed E-state index contributed by atoms with van der Waals surface area (Å²) >= 11 is 3.91. The first-order valence-electron chi connectivity index (χ1n) is 13.1. The van der Waals surface area contributed by atoms with Crippen LogP contribution < -0.4 is 5.32 Å². The number of carboxylic acids is 1. The summed E-state index contributed by atoms with van der Waals surface area (Å²) < 4.78 is 0. The highest BCUT2D eigenvalue weighted by atomic mass is 79.9. The highest BCUT2D eigenvalue weighted by Crippen LogP contribution is 2.69. The number of aliphatic hydroxyl groups excluding tert-OH is 3. The van der Waals surface area contributed by atoms with E-state index >= 15 is 0 Å². The van der Waals surface area contributed by atoms with Crippen LogP contribution in [0.2, 0.25) is 0 Å². The molecule has 1 amide bonds. The summed E-state index contributed by atoms with van der Waals surface area (Å²) in [7, 11) is 0. The van der Waals surface area contributed by atoms with Crippen molar-refractivity contribution in [3.8, 4) is 0 Å². The molecule has 0 aromatic rings. The Morgan fingerprint density at radius 1 is 1.03 bits per heavy atom. The highest BCUT2D eigenvalue weighted by Gasteiger charge is 2.67. The summed E-state index contributed by atoms with van der Waals surface area (Å²) in [6.45, 7) is 6.30. The molecule has 5 N–H and O–H groups in total. The predicted octanol–water partition coefficient (Wildman–Crippen LogP) is 2.94. The van der Waals surface area contributed by atoms with Crippen molar-refractivity contribution < 1.29 is 30.0 Å². The first-order valence-corrected chi connectivity index (χ1v) is 14.0. The predicted molar refractivity (Wildman–Crippen MR) is 131 cm³/mol. The van der Waals surface area contributed by atoms with Crippen molar-refractivity contribution in [2.75, 3.05) is 6.54 Å². The van der Waals surface area contributed by atoms with Crippen LogP contribution in [0, 0.1) is 46.3 Å². The van der Waals surface area contributed by atoms with E-state index in [4.69, 9.17) is 5.11 Å². The molecule has 0 aromatic heterocycles. The van der Waals surface area contributed by atoms with Gasteiger partial charge in [0.2, 0.25) is 5.91 Å². The molecule has 12 atom stereocenters. The number of carbonyl (C=O) groups is 2. The zero-order valence-electron chi connectivity index (χ0n) is 20.6. The number of amides is 1. The van der Waals surface area contributed by atoms with Crippen LogP contribution in [0.15, 0.2) is 0 Å². The summed E-state index contributed by atoms with van der Waals surface area (Å²) in [5.74, 6) is 0.00195. The molecule has 1 unspecified atom stereocenters. The average molecular weight is 545 g/mol. The van der Waals surface area contributed by atoms with E-state index in [-0.39, 0.29) is 76.1 Å². The molecule has 7 nitrogen and oxygen atoms in total. The lowest BCUT2D eigenvalue weighted by atomic mass is 9.43. The molecule has 0 radical (unpaired) electrons. The van der Waals surface area contributed by atoms with E-state index in [2.05, 4.69) is 42.0 Å². The van der Waals surface area contributed by atoms with Crippen LogP contribution in [-0.2, 0) is 9.59 Å². The number of aliphatic carboxylic acids is 1. The van der Waals surface area contributed by atoms with Gasteiger partial charge in [-0.15, -0.1) is 0 Å². The van der Waals surface area contributed by atoms with Gasteiger partial charge in [0.1, 0.15) is 6.54 Å². The van der Waals surface area contributed by atoms with Gasteiger partial charge in [0.25, 0.3) is 0 Å². The maximum Gasteiger partial charge on any atom is 0.322 e. The number of carboxylic acid groups (broad SMARTS) is 1. The Morgan fingerprint density at radius 3 is 2.41 bits per heavy atom. The molecule has 0 aromatic carbocycles. The van der Waals surface area contributed by atoms with Gasteiger partial charge in [0, 0.05) is 11.2 Å². The van der Waals surface area contributed by atoms with Crippen LogP contribution in [0.25, 0.3) is 0 Å². The minimum atomic E-state index is -1.05. The molecule has 4 rings (SSSR count). The number of hydrogen-bond acceptors (Lipinski definition) is 5. The van der Waals surface area contributed by atoms with E-state index in [1.54, 1.807) is 0 Å². The number of nitrogens with one attached hydrogen (secondary N) is 1. The minimum absolute atomic E-state index is 0.0582. The zero-order chi connectivity index (χ0) is 25.0. The molecule has 4 fully saturated rings. The van der Waals surface area contributed by atoms with Gasteiger partial charge in [0.05, 0.1) is 18.3 Å². The summed E-state index contributed by atoms with van der Waals surface area (Å²) in [5.41, 5.74) is -0.365. The Hall–Kier alpha value is -0.700. The molecule has 0 saturated heterocycles. The lowest BCUT2D eigenvalue weighted by Crippen LogP contribution is -2.64. The summed E-state index contributed by atoms with van der Waals surface area (Å²) in [5, 5.41) is 44.7. The molecular formula is C26H42BrNO6. The van der Waals surface area contributed by atoms with Crippen molar-refractivity contribution in [3.63, 3.8) is 0 Å². The number of rotatable bonds is 6. The standard InChI is InChI=1S/C26H42BrNO6/c1-13(4-7-22(32)28-12-23(33)34)16-5-6-17-24-18(11-21(31)26(16,17)3)25(2)14(9-19(24)30)8-15(29)10-20(25)27/h13-21,24,29-31H,4-12H2,1-3H3,(H,28,32)(H,33,34)/t13-,14+,15+,16-,17+,18+,19-,20?,21+,24+,25+,26-/m1/s1. The van der Waals surface area contributed by atoms with E-state index in [1.807, 2.05) is 0 Å². The third kappa shape index (κ3) is 4.24. The molecule has 194 valence electrons. The number of alkyl halides is 1. The Kier molecular flexibility index (Phi) is 7.47. The van der Waals surface area contributed by atoms with Crippen LogP contribution in [0.5, 0.6) is 0 Å². The molecule has 4 aliphatic rings. The lowest BCUT2D eigenvalue weighted by Gasteiger charge is -2.64. The van der Waals surface area contributed by atoms with Crippen LogP contribution in [0.1, 0.15) is 72.1 Å². The van der Waals surface area contributed by atoms with Gasteiger partial charge in [0.15, 0.2) is 0 Å². The van der Waals surface area contributed by atoms with E-state index in [0.717, 1.165) is 19.3 Å². The quantitative estimate of drug-likeness (QED) is 0.328. The van der Waals surface area contributed by atoms with Crippen LogP contribution in [0.4, 0.5) is 0 Å². The van der Waals surface area contributed by atoms with Gasteiger partial charge < -0.3 is 25.7 Å². The van der Waals surface area contributed by atoms with E-state index in [9.17, 15) is 24.9 Å². The molecular weight excluding hydrogens is 502 g/mol. The van der Waals surface area contributed by atoms with E-state index in [0.29, 0.717) is 25.7 Å². The molecule has 4 saturated carbocycles. The van der Waals surface area contributed by atoms with Crippen LogP contribution >= 0.6 is 15.9 Å². The van der Waals surface area contributed by atoms with Gasteiger partial charge in [-0.2, -0.15) is 0 Å². The van der Waals surface area contributed by atoms with Crippen LogP contribution in [-0.4, -0.2) is 62.0 Å². The largest absolute Gasteiger partial charge is 0.480 e. The second-order valence-electron chi connectivity index (χ2n) is 12.2.